The van der Waals surface area contributed by atoms with Gasteiger partial charge in [0.05, 0.1) is 0 Å². The Kier molecular flexibility index (Phi) is 4.59. The van der Waals surface area contributed by atoms with E-state index in [1.54, 1.807) is 4.90 Å². The molecule has 1 aliphatic rings. The maximum absolute atomic E-state index is 13.5. The Hall–Kier alpha value is -1.21. The average molecular weight is 294 g/mol. The van der Waals surface area contributed by atoms with E-state index in [4.69, 9.17) is 5.73 Å². The van der Waals surface area contributed by atoms with E-state index < -0.39 is 34.6 Å². The number of rotatable bonds is 3. The van der Waals surface area contributed by atoms with Gasteiger partial charge in [-0.25, -0.2) is 22.0 Å². The third-order valence-corrected chi connectivity index (χ3v) is 3.72. The van der Waals surface area contributed by atoms with Crippen molar-refractivity contribution in [2.45, 2.75) is 19.4 Å². The molecule has 0 amide bonds. The van der Waals surface area contributed by atoms with Crippen molar-refractivity contribution < 1.29 is 22.0 Å². The first kappa shape index (κ1) is 15.2. The predicted octanol–water partition coefficient (Wildman–Crippen LogP) is 2.55. The smallest absolute Gasteiger partial charge is 0.200 e. The molecular weight excluding hydrogens is 279 g/mol. The number of piperidine rings is 1. The average Bonchev–Trinajstić information content (AvgIpc) is 2.48. The molecule has 0 aliphatic carbocycles. The lowest BCUT2D eigenvalue weighted by Gasteiger charge is -2.31. The van der Waals surface area contributed by atoms with Gasteiger partial charge in [-0.3, -0.25) is 4.90 Å². The molecule has 20 heavy (non-hydrogen) atoms. The molecule has 0 atom stereocenters. The van der Waals surface area contributed by atoms with Crippen molar-refractivity contribution >= 4 is 0 Å². The zero-order chi connectivity index (χ0) is 14.9. The molecule has 7 heteroatoms. The van der Waals surface area contributed by atoms with E-state index in [1.807, 2.05) is 0 Å². The van der Waals surface area contributed by atoms with Crippen LogP contribution in [0, 0.1) is 35.0 Å². The molecule has 2 N–H and O–H groups in total. The minimum absolute atomic E-state index is 0.289. The Morgan fingerprint density at radius 1 is 0.850 bits per heavy atom. The summed E-state index contributed by atoms with van der Waals surface area (Å²) in [6.07, 6.45) is 1.51. The van der Waals surface area contributed by atoms with Gasteiger partial charge in [0, 0.05) is 12.1 Å². The van der Waals surface area contributed by atoms with E-state index in [2.05, 4.69) is 0 Å². The highest BCUT2D eigenvalue weighted by Crippen LogP contribution is 2.25. The Labute approximate surface area is 113 Å². The summed E-state index contributed by atoms with van der Waals surface area (Å²) in [4.78, 5) is 1.67. The minimum Gasteiger partial charge on any atom is -0.330 e. The van der Waals surface area contributed by atoms with Gasteiger partial charge in [0.1, 0.15) is 0 Å². The fourth-order valence-electron chi connectivity index (χ4n) is 2.39. The Morgan fingerprint density at radius 3 is 1.75 bits per heavy atom. The summed E-state index contributed by atoms with van der Waals surface area (Å²) in [5.74, 6) is -9.05. The molecule has 0 unspecified atom stereocenters. The molecule has 1 saturated heterocycles. The van der Waals surface area contributed by atoms with E-state index in [-0.39, 0.29) is 6.54 Å². The molecule has 1 aromatic rings. The number of nitrogens with zero attached hydrogens (tertiary/aromatic N) is 1. The lowest BCUT2D eigenvalue weighted by Crippen LogP contribution is -2.36. The number of benzene rings is 1. The van der Waals surface area contributed by atoms with Crippen molar-refractivity contribution in [2.75, 3.05) is 19.6 Å². The molecule has 0 aromatic heterocycles. The van der Waals surface area contributed by atoms with Crippen molar-refractivity contribution in [3.05, 3.63) is 34.6 Å². The zero-order valence-electron chi connectivity index (χ0n) is 10.7. The van der Waals surface area contributed by atoms with Crippen LogP contribution in [0.5, 0.6) is 0 Å². The van der Waals surface area contributed by atoms with Crippen molar-refractivity contribution in [2.24, 2.45) is 11.7 Å². The van der Waals surface area contributed by atoms with Gasteiger partial charge in [0.15, 0.2) is 23.3 Å². The molecule has 0 saturated carbocycles. The van der Waals surface area contributed by atoms with Gasteiger partial charge >= 0.3 is 0 Å². The van der Waals surface area contributed by atoms with E-state index >= 15 is 0 Å². The topological polar surface area (TPSA) is 29.3 Å². The van der Waals surface area contributed by atoms with Crippen LogP contribution in [0.2, 0.25) is 0 Å². The summed E-state index contributed by atoms with van der Waals surface area (Å²) in [6, 6.07) is 0. The van der Waals surface area contributed by atoms with Crippen LogP contribution >= 0.6 is 0 Å². The van der Waals surface area contributed by atoms with Crippen LogP contribution in [-0.2, 0) is 6.54 Å². The van der Waals surface area contributed by atoms with Crippen LogP contribution in [0.25, 0.3) is 0 Å². The molecule has 0 spiro atoms. The molecule has 1 heterocycles. The summed E-state index contributed by atoms with van der Waals surface area (Å²) in [5.41, 5.74) is 4.76. The number of likely N-dealkylation sites (tertiary alicyclic amines) is 1. The summed E-state index contributed by atoms with van der Waals surface area (Å²) < 4.78 is 66.1. The second kappa shape index (κ2) is 6.05. The Bertz CT molecular complexity index is 469. The van der Waals surface area contributed by atoms with Gasteiger partial charge in [-0.05, 0) is 38.4 Å². The van der Waals surface area contributed by atoms with Crippen LogP contribution in [0.1, 0.15) is 18.4 Å². The first-order chi connectivity index (χ1) is 9.45. The van der Waals surface area contributed by atoms with Crippen molar-refractivity contribution in [1.82, 2.24) is 4.90 Å². The second-order valence-electron chi connectivity index (χ2n) is 5.00. The Morgan fingerprint density at radius 2 is 1.30 bits per heavy atom. The summed E-state index contributed by atoms with van der Waals surface area (Å²) in [7, 11) is 0. The Balaban J connectivity index is 2.18. The molecule has 0 bridgehead atoms. The molecule has 1 aromatic carbocycles. The van der Waals surface area contributed by atoms with Crippen LogP contribution in [0.3, 0.4) is 0 Å². The highest BCUT2D eigenvalue weighted by molar-refractivity contribution is 5.24. The van der Waals surface area contributed by atoms with E-state index in [9.17, 15) is 22.0 Å². The van der Waals surface area contributed by atoms with E-state index in [1.165, 1.54) is 0 Å². The highest BCUT2D eigenvalue weighted by atomic mass is 19.2. The van der Waals surface area contributed by atoms with Crippen molar-refractivity contribution in [3.63, 3.8) is 0 Å². The quantitative estimate of drug-likeness (QED) is 0.527. The molecule has 0 radical (unpaired) electrons. The standard InChI is InChI=1S/C13H15F5N2/c14-9-8(10(15)12(17)13(18)11(9)16)6-20-3-1-7(5-19)2-4-20/h7H,1-6,19H2. The first-order valence-corrected chi connectivity index (χ1v) is 6.38. The van der Waals surface area contributed by atoms with Gasteiger partial charge in [-0.2, -0.15) is 0 Å². The lowest BCUT2D eigenvalue weighted by atomic mass is 9.96. The van der Waals surface area contributed by atoms with Gasteiger partial charge < -0.3 is 5.73 Å². The lowest BCUT2D eigenvalue weighted by molar-refractivity contribution is 0.175. The van der Waals surface area contributed by atoms with E-state index in [0.29, 0.717) is 25.6 Å². The zero-order valence-corrected chi connectivity index (χ0v) is 10.7. The summed E-state index contributed by atoms with van der Waals surface area (Å²) in [5, 5.41) is 0. The first-order valence-electron chi connectivity index (χ1n) is 6.38. The molecule has 112 valence electrons. The maximum Gasteiger partial charge on any atom is 0.200 e. The molecular formula is C13H15F5N2. The van der Waals surface area contributed by atoms with E-state index in [0.717, 1.165) is 12.8 Å². The largest absolute Gasteiger partial charge is 0.330 e. The van der Waals surface area contributed by atoms with Crippen LogP contribution in [0.15, 0.2) is 0 Å². The third kappa shape index (κ3) is 2.78. The normalized spacial score (nSPS) is 17.7. The summed E-state index contributed by atoms with van der Waals surface area (Å²) in [6.45, 7) is 1.31. The van der Waals surface area contributed by atoms with Crippen molar-refractivity contribution in [3.8, 4) is 0 Å². The van der Waals surface area contributed by atoms with Gasteiger partial charge in [-0.1, -0.05) is 0 Å². The minimum atomic E-state index is -2.12. The fourth-order valence-corrected chi connectivity index (χ4v) is 2.39. The highest BCUT2D eigenvalue weighted by Gasteiger charge is 2.27. The molecule has 2 nitrogen and oxygen atoms in total. The van der Waals surface area contributed by atoms with Crippen LogP contribution < -0.4 is 5.73 Å². The third-order valence-electron chi connectivity index (χ3n) is 3.72. The van der Waals surface area contributed by atoms with Crippen LogP contribution in [-0.4, -0.2) is 24.5 Å². The fraction of sp³-hybridized carbons (Fsp3) is 0.538. The van der Waals surface area contributed by atoms with Gasteiger partial charge in [0.2, 0.25) is 5.82 Å². The molecule has 1 aliphatic heterocycles. The van der Waals surface area contributed by atoms with Crippen molar-refractivity contribution in [1.29, 1.82) is 0 Å². The predicted molar refractivity (Wildman–Crippen MR) is 63.3 cm³/mol. The molecule has 2 rings (SSSR count). The second-order valence-corrected chi connectivity index (χ2v) is 5.00. The van der Waals surface area contributed by atoms with Gasteiger partial charge in [0.25, 0.3) is 0 Å². The summed E-state index contributed by atoms with van der Waals surface area (Å²) >= 11 is 0. The number of hydrogen-bond acceptors (Lipinski definition) is 2. The maximum atomic E-state index is 13.5. The molecule has 1 fully saturated rings. The van der Waals surface area contributed by atoms with Gasteiger partial charge in [-0.15, -0.1) is 0 Å². The SMILES string of the molecule is NCC1CCN(Cc2c(F)c(F)c(F)c(F)c2F)CC1. The van der Waals surface area contributed by atoms with Crippen LogP contribution in [0.4, 0.5) is 22.0 Å². The monoisotopic (exact) mass is 294 g/mol. The number of hydrogen-bond donors (Lipinski definition) is 1. The number of halogens is 5. The number of nitrogens with two attached hydrogens (primary N) is 1.